The number of carbonyl (C=O) groups is 1. The molecule has 3 heterocycles. The second-order valence-corrected chi connectivity index (χ2v) is 7.84. The third-order valence-electron chi connectivity index (χ3n) is 4.94. The monoisotopic (exact) mass is 383 g/mol. The van der Waals surface area contributed by atoms with Crippen molar-refractivity contribution in [2.45, 2.75) is 39.3 Å². The van der Waals surface area contributed by atoms with Crippen LogP contribution >= 0.6 is 11.3 Å². The van der Waals surface area contributed by atoms with E-state index in [1.165, 1.54) is 11.3 Å². The molecule has 1 aliphatic rings. The van der Waals surface area contributed by atoms with Crippen molar-refractivity contribution in [3.8, 4) is 0 Å². The molecule has 1 atom stereocenters. The fourth-order valence-corrected chi connectivity index (χ4v) is 4.44. The Morgan fingerprint density at radius 2 is 2.19 bits per heavy atom. The van der Waals surface area contributed by atoms with Crippen molar-refractivity contribution in [1.82, 2.24) is 9.55 Å². The van der Waals surface area contributed by atoms with Crippen LogP contribution in [0.1, 0.15) is 33.6 Å². The number of fused-ring (bicyclic) bond motifs is 1. The third kappa shape index (κ3) is 3.40. The Labute approximate surface area is 160 Å². The number of amides is 1. The summed E-state index contributed by atoms with van der Waals surface area (Å²) in [6.45, 7) is 5.00. The van der Waals surface area contributed by atoms with Crippen LogP contribution in [0.3, 0.4) is 0 Å². The number of aromatic nitrogens is 2. The van der Waals surface area contributed by atoms with Gasteiger partial charge in [-0.2, -0.15) is 0 Å². The molecule has 140 valence electrons. The molecule has 1 aliphatic heterocycles. The molecule has 27 heavy (non-hydrogen) atoms. The van der Waals surface area contributed by atoms with Gasteiger partial charge in [0.15, 0.2) is 0 Å². The van der Waals surface area contributed by atoms with Crippen molar-refractivity contribution in [1.29, 1.82) is 0 Å². The van der Waals surface area contributed by atoms with Gasteiger partial charge < -0.3 is 10.1 Å². The van der Waals surface area contributed by atoms with Crippen molar-refractivity contribution < 1.29 is 9.53 Å². The van der Waals surface area contributed by atoms with E-state index in [0.29, 0.717) is 27.2 Å². The minimum Gasteiger partial charge on any atom is -0.376 e. The summed E-state index contributed by atoms with van der Waals surface area (Å²) in [4.78, 5) is 31.2. The Morgan fingerprint density at radius 3 is 2.93 bits per heavy atom. The normalized spacial score (nSPS) is 16.7. The van der Waals surface area contributed by atoms with E-state index in [0.717, 1.165) is 30.7 Å². The maximum atomic E-state index is 12.9. The van der Waals surface area contributed by atoms with Gasteiger partial charge in [-0.05, 0) is 43.9 Å². The summed E-state index contributed by atoms with van der Waals surface area (Å²) in [5, 5.41) is 3.46. The number of carbonyl (C=O) groups excluding carboxylic acids is 1. The van der Waals surface area contributed by atoms with Crippen LogP contribution in [0.15, 0.2) is 35.4 Å². The molecule has 3 aromatic rings. The van der Waals surface area contributed by atoms with E-state index < -0.39 is 0 Å². The maximum absolute atomic E-state index is 12.9. The molecule has 4 rings (SSSR count). The molecule has 6 nitrogen and oxygen atoms in total. The first-order chi connectivity index (χ1) is 13.0. The molecule has 7 heteroatoms. The Hall–Kier alpha value is -2.51. The number of anilines is 1. The smallest absolute Gasteiger partial charge is 0.266 e. The molecule has 1 fully saturated rings. The molecule has 0 bridgehead atoms. The predicted octanol–water partition coefficient (Wildman–Crippen LogP) is 3.51. The Bertz CT molecular complexity index is 1060. The number of nitrogens with zero attached hydrogens (tertiary/aromatic N) is 2. The molecule has 0 radical (unpaired) electrons. The molecule has 1 saturated heterocycles. The van der Waals surface area contributed by atoms with Gasteiger partial charge in [0, 0.05) is 12.3 Å². The highest BCUT2D eigenvalue weighted by molar-refractivity contribution is 7.20. The maximum Gasteiger partial charge on any atom is 0.266 e. The number of nitrogens with one attached hydrogen (secondary N) is 1. The number of hydrogen-bond acceptors (Lipinski definition) is 5. The van der Waals surface area contributed by atoms with Crippen LogP contribution in [0.4, 0.5) is 5.69 Å². The van der Waals surface area contributed by atoms with Gasteiger partial charge in [-0.25, -0.2) is 4.98 Å². The van der Waals surface area contributed by atoms with Crippen molar-refractivity contribution in [3.63, 3.8) is 0 Å². The number of ether oxygens (including phenoxy) is 1. The van der Waals surface area contributed by atoms with E-state index in [1.54, 1.807) is 10.9 Å². The number of benzene rings is 1. The average molecular weight is 383 g/mol. The fraction of sp³-hybridized carbons (Fsp3) is 0.350. The van der Waals surface area contributed by atoms with Crippen LogP contribution in [-0.2, 0) is 11.3 Å². The molecule has 0 spiro atoms. The van der Waals surface area contributed by atoms with Crippen LogP contribution in [-0.4, -0.2) is 28.2 Å². The Morgan fingerprint density at radius 1 is 1.37 bits per heavy atom. The zero-order chi connectivity index (χ0) is 19.0. The first-order valence-corrected chi connectivity index (χ1v) is 9.83. The summed E-state index contributed by atoms with van der Waals surface area (Å²) >= 11 is 1.25. The Kier molecular flexibility index (Phi) is 4.80. The lowest BCUT2D eigenvalue weighted by Gasteiger charge is -2.11. The SMILES string of the molecule is Cc1ccccc1NC(=O)c1sc2ncn(C[C@H]3CCCO3)c(=O)c2c1C. The average Bonchev–Trinajstić information content (AvgIpc) is 3.27. The van der Waals surface area contributed by atoms with Crippen molar-refractivity contribution >= 4 is 33.1 Å². The van der Waals surface area contributed by atoms with Gasteiger partial charge in [0.2, 0.25) is 0 Å². The number of para-hydroxylation sites is 1. The van der Waals surface area contributed by atoms with Gasteiger partial charge in [0.25, 0.3) is 11.5 Å². The number of hydrogen-bond donors (Lipinski definition) is 1. The summed E-state index contributed by atoms with van der Waals surface area (Å²) in [5.74, 6) is -0.213. The molecular formula is C20H21N3O3S. The standard InChI is InChI=1S/C20H21N3O3S/c1-12-6-3-4-8-15(12)22-18(24)17-13(2)16-19(27-17)21-11-23(20(16)25)10-14-7-5-9-26-14/h3-4,6,8,11,14H,5,7,9-10H2,1-2H3,(H,22,24)/t14-/m1/s1. The van der Waals surface area contributed by atoms with Gasteiger partial charge in [-0.1, -0.05) is 18.2 Å². The molecule has 1 aromatic carbocycles. The quantitative estimate of drug-likeness (QED) is 0.748. The van der Waals surface area contributed by atoms with Gasteiger partial charge in [0.05, 0.1) is 29.2 Å². The van der Waals surface area contributed by atoms with Gasteiger partial charge in [-0.3, -0.25) is 14.2 Å². The van der Waals surface area contributed by atoms with E-state index in [2.05, 4.69) is 10.3 Å². The van der Waals surface area contributed by atoms with Crippen molar-refractivity contribution in [2.24, 2.45) is 0 Å². The highest BCUT2D eigenvalue weighted by Gasteiger charge is 2.22. The minimum atomic E-state index is -0.213. The molecule has 0 aliphatic carbocycles. The number of thiophene rings is 1. The lowest BCUT2D eigenvalue weighted by atomic mass is 10.1. The van der Waals surface area contributed by atoms with Gasteiger partial charge in [0.1, 0.15) is 4.83 Å². The van der Waals surface area contributed by atoms with Crippen LogP contribution in [0.2, 0.25) is 0 Å². The highest BCUT2D eigenvalue weighted by Crippen LogP contribution is 2.28. The summed E-state index contributed by atoms with van der Waals surface area (Å²) in [6.07, 6.45) is 3.60. The minimum absolute atomic E-state index is 0.0599. The summed E-state index contributed by atoms with van der Waals surface area (Å²) in [7, 11) is 0. The van der Waals surface area contributed by atoms with Crippen molar-refractivity contribution in [3.05, 3.63) is 57.0 Å². The molecule has 0 unspecified atom stereocenters. The lowest BCUT2D eigenvalue weighted by molar-refractivity contribution is 0.0960. The van der Waals surface area contributed by atoms with Crippen molar-refractivity contribution in [2.75, 3.05) is 11.9 Å². The van der Waals surface area contributed by atoms with Crippen LogP contribution < -0.4 is 10.9 Å². The fourth-order valence-electron chi connectivity index (χ4n) is 3.41. The number of rotatable bonds is 4. The molecule has 2 aromatic heterocycles. The second kappa shape index (κ2) is 7.25. The zero-order valence-corrected chi connectivity index (χ0v) is 16.1. The van der Waals surface area contributed by atoms with E-state index in [-0.39, 0.29) is 17.6 Å². The molecule has 1 amide bonds. The van der Waals surface area contributed by atoms with E-state index in [9.17, 15) is 9.59 Å². The first kappa shape index (κ1) is 17.9. The predicted molar refractivity (Wildman–Crippen MR) is 107 cm³/mol. The Balaban J connectivity index is 1.67. The lowest BCUT2D eigenvalue weighted by Crippen LogP contribution is -2.26. The second-order valence-electron chi connectivity index (χ2n) is 6.84. The van der Waals surface area contributed by atoms with Crippen LogP contribution in [0, 0.1) is 13.8 Å². The first-order valence-electron chi connectivity index (χ1n) is 9.01. The van der Waals surface area contributed by atoms with E-state index in [1.807, 2.05) is 38.1 Å². The topological polar surface area (TPSA) is 73.2 Å². The summed E-state index contributed by atoms with van der Waals surface area (Å²) < 4.78 is 7.22. The van der Waals surface area contributed by atoms with Crippen LogP contribution in [0.5, 0.6) is 0 Å². The van der Waals surface area contributed by atoms with E-state index in [4.69, 9.17) is 4.74 Å². The van der Waals surface area contributed by atoms with Crippen LogP contribution in [0.25, 0.3) is 10.2 Å². The third-order valence-corrected chi connectivity index (χ3v) is 6.14. The number of aryl methyl sites for hydroxylation is 2. The van der Waals surface area contributed by atoms with E-state index >= 15 is 0 Å². The largest absolute Gasteiger partial charge is 0.376 e. The summed E-state index contributed by atoms with van der Waals surface area (Å²) in [6, 6.07) is 7.61. The molecule has 0 saturated carbocycles. The molecular weight excluding hydrogens is 362 g/mol. The zero-order valence-electron chi connectivity index (χ0n) is 15.3. The summed E-state index contributed by atoms with van der Waals surface area (Å²) in [5.41, 5.74) is 2.32. The van der Waals surface area contributed by atoms with Gasteiger partial charge >= 0.3 is 0 Å². The highest BCUT2D eigenvalue weighted by atomic mass is 32.1. The molecule has 1 N–H and O–H groups in total. The van der Waals surface area contributed by atoms with Gasteiger partial charge in [-0.15, -0.1) is 11.3 Å².